The summed E-state index contributed by atoms with van der Waals surface area (Å²) < 4.78 is 5.73. The Morgan fingerprint density at radius 1 is 1.15 bits per heavy atom. The number of carbonyl (C=O) groups is 2. The maximum absolute atomic E-state index is 13.1. The first kappa shape index (κ1) is 24.2. The molecule has 180 valence electrons. The number of hydrogen-bond donors (Lipinski definition) is 1. The molecular weight excluding hydrogens is 412 g/mol. The van der Waals surface area contributed by atoms with Crippen LogP contribution in [0.4, 0.5) is 0 Å². The first-order chi connectivity index (χ1) is 15.1. The van der Waals surface area contributed by atoms with Crippen molar-refractivity contribution in [3.05, 3.63) is 46.6 Å². The fourth-order valence-corrected chi connectivity index (χ4v) is 8.87. The van der Waals surface area contributed by atoms with Crippen molar-refractivity contribution >= 4 is 11.8 Å². The maximum Gasteiger partial charge on any atom is 0.320 e. The molecular formula is C29H40O4. The highest BCUT2D eigenvalue weighted by Crippen LogP contribution is 2.73. The monoisotopic (exact) mass is 452 g/mol. The lowest BCUT2D eigenvalue weighted by molar-refractivity contribution is -0.169. The number of Topliss-reactive ketones (excluding diaryl/α,β-unsaturated/α-hetero) is 1. The van der Waals surface area contributed by atoms with Crippen LogP contribution in [0.3, 0.4) is 0 Å². The lowest BCUT2D eigenvalue weighted by atomic mass is 9.34. The summed E-state index contributed by atoms with van der Waals surface area (Å²) in [5.41, 5.74) is 2.21. The predicted molar refractivity (Wildman–Crippen MR) is 130 cm³/mol. The summed E-state index contributed by atoms with van der Waals surface area (Å²) in [5.74, 6) is -0.475. The van der Waals surface area contributed by atoms with Gasteiger partial charge in [-0.1, -0.05) is 68.7 Å². The molecule has 0 aromatic heterocycles. The topological polar surface area (TPSA) is 63.6 Å². The third-order valence-electron chi connectivity index (χ3n) is 10.1. The normalized spacial score (nSPS) is 48.1. The number of hydrogen-bond acceptors (Lipinski definition) is 4. The molecule has 0 radical (unpaired) electrons. The smallest absolute Gasteiger partial charge is 0.320 e. The number of fused-ring (bicyclic) bond motifs is 3. The van der Waals surface area contributed by atoms with Crippen LogP contribution in [0.15, 0.2) is 46.6 Å². The van der Waals surface area contributed by atoms with E-state index in [-0.39, 0.29) is 29.0 Å². The molecule has 0 spiro atoms. The van der Waals surface area contributed by atoms with Crippen LogP contribution < -0.4 is 0 Å². The van der Waals surface area contributed by atoms with E-state index in [1.807, 2.05) is 33.8 Å². The van der Waals surface area contributed by atoms with Gasteiger partial charge in [0.1, 0.15) is 11.5 Å². The van der Waals surface area contributed by atoms with E-state index >= 15 is 0 Å². The number of carbonyl (C=O) groups excluding carboxylic acids is 2. The van der Waals surface area contributed by atoms with Crippen molar-refractivity contribution in [2.45, 2.75) is 81.4 Å². The Bertz CT molecular complexity index is 1060. The Balaban J connectivity index is 1.87. The molecule has 4 aliphatic rings. The van der Waals surface area contributed by atoms with Gasteiger partial charge in [-0.05, 0) is 59.0 Å². The average Bonchev–Trinajstić information content (AvgIpc) is 2.97. The molecule has 9 atom stereocenters. The van der Waals surface area contributed by atoms with Crippen LogP contribution in [-0.4, -0.2) is 29.1 Å². The van der Waals surface area contributed by atoms with Gasteiger partial charge in [-0.15, -0.1) is 0 Å². The molecule has 4 heteroatoms. The van der Waals surface area contributed by atoms with Gasteiger partial charge in [0.15, 0.2) is 5.78 Å². The molecule has 2 saturated carbocycles. The number of aliphatic hydroxyl groups excluding tert-OH is 1. The number of allylic oxidation sites excluding steroid dienone is 6. The van der Waals surface area contributed by atoms with Gasteiger partial charge in [-0.25, -0.2) is 0 Å². The minimum Gasteiger partial charge on any atom is -0.460 e. The zero-order chi connectivity index (χ0) is 24.9. The summed E-state index contributed by atoms with van der Waals surface area (Å²) in [4.78, 5) is 25.9. The van der Waals surface area contributed by atoms with E-state index in [1.165, 1.54) is 11.1 Å². The predicted octanol–water partition coefficient (Wildman–Crippen LogP) is 5.58. The van der Waals surface area contributed by atoms with Crippen LogP contribution in [0.5, 0.6) is 0 Å². The van der Waals surface area contributed by atoms with Gasteiger partial charge in [-0.2, -0.15) is 0 Å². The Morgan fingerprint density at radius 3 is 2.30 bits per heavy atom. The van der Waals surface area contributed by atoms with E-state index in [2.05, 4.69) is 52.8 Å². The molecule has 0 amide bonds. The highest BCUT2D eigenvalue weighted by atomic mass is 16.6. The Labute approximate surface area is 198 Å². The van der Waals surface area contributed by atoms with Gasteiger partial charge in [-0.3, -0.25) is 9.59 Å². The molecule has 1 heterocycles. The fraction of sp³-hybridized carbons (Fsp3) is 0.655. The SMILES string of the molecule is C/C=C(\C)C(O)C1(C)C2C(C)=CC(C)=CC2(C)C1/C(C)=C/C1(C)C2OC(=O)C1(C)C(=O)C2C. The Hall–Kier alpha value is -1.94. The zero-order valence-electron chi connectivity index (χ0n) is 21.9. The molecule has 1 aliphatic heterocycles. The molecule has 1 saturated heterocycles. The quantitative estimate of drug-likeness (QED) is 0.343. The molecule has 4 rings (SSSR count). The van der Waals surface area contributed by atoms with Crippen LogP contribution in [0, 0.1) is 39.4 Å². The third-order valence-corrected chi connectivity index (χ3v) is 10.1. The zero-order valence-corrected chi connectivity index (χ0v) is 21.9. The molecule has 0 aromatic carbocycles. The summed E-state index contributed by atoms with van der Waals surface area (Å²) >= 11 is 0. The second kappa shape index (κ2) is 7.04. The van der Waals surface area contributed by atoms with Crippen molar-refractivity contribution < 1.29 is 19.4 Å². The van der Waals surface area contributed by atoms with Crippen molar-refractivity contribution in [3.63, 3.8) is 0 Å². The van der Waals surface area contributed by atoms with Gasteiger partial charge in [0.2, 0.25) is 0 Å². The Kier molecular flexibility index (Phi) is 5.16. The van der Waals surface area contributed by atoms with Crippen LogP contribution >= 0.6 is 0 Å². The first-order valence-corrected chi connectivity index (χ1v) is 12.3. The highest BCUT2D eigenvalue weighted by molar-refractivity contribution is 6.10. The summed E-state index contributed by atoms with van der Waals surface area (Å²) in [6.45, 7) is 20.5. The second-order valence-corrected chi connectivity index (χ2v) is 12.1. The largest absolute Gasteiger partial charge is 0.460 e. The summed E-state index contributed by atoms with van der Waals surface area (Å²) in [6, 6.07) is 0. The lowest BCUT2D eigenvalue weighted by Gasteiger charge is -2.69. The van der Waals surface area contributed by atoms with Crippen LogP contribution in [0.25, 0.3) is 0 Å². The minimum atomic E-state index is -1.16. The molecule has 0 aromatic rings. The number of rotatable bonds is 4. The van der Waals surface area contributed by atoms with E-state index in [4.69, 9.17) is 4.74 Å². The molecule has 2 bridgehead atoms. The van der Waals surface area contributed by atoms with E-state index in [0.717, 1.165) is 11.1 Å². The molecule has 9 unspecified atom stereocenters. The minimum absolute atomic E-state index is 0.0206. The molecule has 3 aliphatic carbocycles. The molecule has 3 fully saturated rings. The average molecular weight is 453 g/mol. The van der Waals surface area contributed by atoms with E-state index in [1.54, 1.807) is 6.92 Å². The maximum atomic E-state index is 13.1. The highest BCUT2D eigenvalue weighted by Gasteiger charge is 2.75. The van der Waals surface area contributed by atoms with Crippen molar-refractivity contribution in [3.8, 4) is 0 Å². The molecule has 1 N–H and O–H groups in total. The van der Waals surface area contributed by atoms with Gasteiger partial charge < -0.3 is 9.84 Å². The molecule has 33 heavy (non-hydrogen) atoms. The second-order valence-electron chi connectivity index (χ2n) is 12.1. The number of ether oxygens (including phenoxy) is 1. The summed E-state index contributed by atoms with van der Waals surface area (Å²) in [5, 5.41) is 11.6. The summed E-state index contributed by atoms with van der Waals surface area (Å²) in [6.07, 6.45) is 7.71. The van der Waals surface area contributed by atoms with Crippen LogP contribution in [0.1, 0.15) is 69.2 Å². The van der Waals surface area contributed by atoms with E-state index in [0.29, 0.717) is 0 Å². The van der Waals surface area contributed by atoms with E-state index in [9.17, 15) is 14.7 Å². The van der Waals surface area contributed by atoms with Gasteiger partial charge in [0, 0.05) is 16.2 Å². The summed E-state index contributed by atoms with van der Waals surface area (Å²) in [7, 11) is 0. The van der Waals surface area contributed by atoms with Gasteiger partial charge >= 0.3 is 5.97 Å². The van der Waals surface area contributed by atoms with Crippen molar-refractivity contribution in [1.29, 1.82) is 0 Å². The first-order valence-electron chi connectivity index (χ1n) is 12.3. The number of ketones is 1. The van der Waals surface area contributed by atoms with E-state index < -0.39 is 34.4 Å². The fourth-order valence-electron chi connectivity index (χ4n) is 8.87. The van der Waals surface area contributed by atoms with Crippen molar-refractivity contribution in [1.82, 2.24) is 0 Å². The van der Waals surface area contributed by atoms with Gasteiger partial charge in [0.25, 0.3) is 0 Å². The Morgan fingerprint density at radius 2 is 1.76 bits per heavy atom. The van der Waals surface area contributed by atoms with Crippen LogP contribution in [-0.2, 0) is 14.3 Å². The van der Waals surface area contributed by atoms with Crippen molar-refractivity contribution in [2.24, 2.45) is 39.4 Å². The third kappa shape index (κ3) is 2.62. The standard InChI is InChI=1S/C29H40O4/c1-11-16(3)22(30)28(9)20-17(4)12-15(2)13-26(20,7)21(28)18(5)14-27(8)24-19(6)23(31)29(27,10)25(32)33-24/h11-14,19-22,24,30H,1-10H3/b16-11+,18-14+. The van der Waals surface area contributed by atoms with Crippen molar-refractivity contribution in [2.75, 3.05) is 0 Å². The molecule has 4 nitrogen and oxygen atoms in total. The van der Waals surface area contributed by atoms with Gasteiger partial charge in [0.05, 0.1) is 12.0 Å². The lowest BCUT2D eigenvalue weighted by Crippen LogP contribution is -2.67. The number of esters is 1. The van der Waals surface area contributed by atoms with Crippen LogP contribution in [0.2, 0.25) is 0 Å². The number of aliphatic hydroxyl groups is 1.